The average molecular weight is 149 g/mol. The average Bonchev–Trinajstić information content (AvgIpc) is 2.36. The Morgan fingerprint density at radius 3 is 3.18 bits per heavy atom. The quantitative estimate of drug-likeness (QED) is 0.623. The minimum atomic E-state index is -0.00847. The number of imidazole rings is 1. The van der Waals surface area contributed by atoms with Crippen LogP contribution in [0.2, 0.25) is 0 Å². The van der Waals surface area contributed by atoms with Crippen LogP contribution in [0, 0.1) is 12.3 Å². The summed E-state index contributed by atoms with van der Waals surface area (Å²) in [4.78, 5) is 3.95. The normalized spacial score (nSPS) is 12.5. The first-order chi connectivity index (χ1) is 5.25. The number of hydrogen-bond donors (Lipinski definition) is 1. The predicted molar refractivity (Wildman–Crippen MR) is 43.7 cm³/mol. The van der Waals surface area contributed by atoms with Crippen LogP contribution in [0.5, 0.6) is 0 Å². The first-order valence-corrected chi connectivity index (χ1v) is 3.44. The largest absolute Gasteiger partial charge is 0.323 e. The summed E-state index contributed by atoms with van der Waals surface area (Å²) in [7, 11) is 0. The second-order valence-corrected chi connectivity index (χ2v) is 2.44. The van der Waals surface area contributed by atoms with Gasteiger partial charge in [0.15, 0.2) is 0 Å². The van der Waals surface area contributed by atoms with Crippen LogP contribution in [0.1, 0.15) is 18.7 Å². The molecule has 0 aromatic carbocycles. The smallest absolute Gasteiger partial charge is 0.0957 e. The van der Waals surface area contributed by atoms with Crippen LogP contribution >= 0.6 is 0 Å². The van der Waals surface area contributed by atoms with Crippen molar-refractivity contribution >= 4 is 0 Å². The molecule has 1 aromatic rings. The summed E-state index contributed by atoms with van der Waals surface area (Å²) < 4.78 is 1.87. The highest BCUT2D eigenvalue weighted by Gasteiger charge is 2.04. The molecule has 3 nitrogen and oxygen atoms in total. The molecule has 0 aliphatic rings. The maximum atomic E-state index is 5.66. The third-order valence-corrected chi connectivity index (χ3v) is 1.47. The molecule has 1 atom stereocenters. The van der Waals surface area contributed by atoms with Gasteiger partial charge in [0, 0.05) is 12.2 Å². The van der Waals surface area contributed by atoms with Gasteiger partial charge in [-0.3, -0.25) is 0 Å². The lowest BCUT2D eigenvalue weighted by atomic mass is 10.3. The zero-order valence-electron chi connectivity index (χ0n) is 6.49. The summed E-state index contributed by atoms with van der Waals surface area (Å²) in [6.45, 7) is 2.45. The Morgan fingerprint density at radius 1 is 1.91 bits per heavy atom. The molecule has 58 valence electrons. The van der Waals surface area contributed by atoms with Crippen LogP contribution in [0.25, 0.3) is 0 Å². The Balaban J connectivity index is 2.89. The molecular formula is C8H11N3. The topological polar surface area (TPSA) is 43.8 Å². The molecule has 0 aliphatic heterocycles. The van der Waals surface area contributed by atoms with Crippen LogP contribution in [-0.2, 0) is 6.54 Å². The Morgan fingerprint density at radius 2 is 2.64 bits per heavy atom. The lowest BCUT2D eigenvalue weighted by molar-refractivity contribution is 0.690. The summed E-state index contributed by atoms with van der Waals surface area (Å²) in [6, 6.07) is -0.00847. The van der Waals surface area contributed by atoms with E-state index >= 15 is 0 Å². The molecule has 1 aromatic heterocycles. The van der Waals surface area contributed by atoms with E-state index in [1.807, 2.05) is 11.5 Å². The highest BCUT2D eigenvalue weighted by Crippen LogP contribution is 2.07. The number of hydrogen-bond acceptors (Lipinski definition) is 2. The van der Waals surface area contributed by atoms with E-state index < -0.39 is 0 Å². The minimum Gasteiger partial charge on any atom is -0.323 e. The number of rotatable bonds is 2. The van der Waals surface area contributed by atoms with E-state index in [1.165, 1.54) is 0 Å². The Kier molecular flexibility index (Phi) is 2.29. The molecule has 1 heterocycles. The highest BCUT2D eigenvalue weighted by atomic mass is 15.1. The number of aromatic nitrogens is 2. The Labute approximate surface area is 66.2 Å². The van der Waals surface area contributed by atoms with Gasteiger partial charge in [-0.2, -0.15) is 0 Å². The maximum absolute atomic E-state index is 5.66. The van der Waals surface area contributed by atoms with Gasteiger partial charge in [-0.05, 0) is 6.92 Å². The Hall–Kier alpha value is -1.27. The molecule has 11 heavy (non-hydrogen) atoms. The molecule has 3 heteroatoms. The fourth-order valence-electron chi connectivity index (χ4n) is 0.941. The number of nitrogens with two attached hydrogens (primary N) is 1. The van der Waals surface area contributed by atoms with E-state index in [1.54, 1.807) is 12.5 Å². The van der Waals surface area contributed by atoms with E-state index in [0.717, 1.165) is 5.69 Å². The highest BCUT2D eigenvalue weighted by molar-refractivity contribution is 5.05. The third-order valence-electron chi connectivity index (χ3n) is 1.47. The maximum Gasteiger partial charge on any atom is 0.0957 e. The summed E-state index contributed by atoms with van der Waals surface area (Å²) in [5.41, 5.74) is 6.63. The van der Waals surface area contributed by atoms with Crippen LogP contribution in [0.4, 0.5) is 0 Å². The van der Waals surface area contributed by atoms with Crippen molar-refractivity contribution in [1.29, 1.82) is 0 Å². The fraction of sp³-hybridized carbons (Fsp3) is 0.375. The number of nitrogens with zero attached hydrogens (tertiary/aromatic N) is 2. The van der Waals surface area contributed by atoms with Crippen LogP contribution < -0.4 is 5.73 Å². The number of terminal acetylenes is 1. The van der Waals surface area contributed by atoms with Gasteiger partial charge in [-0.25, -0.2) is 4.98 Å². The molecule has 0 aliphatic carbocycles. The van der Waals surface area contributed by atoms with Gasteiger partial charge < -0.3 is 10.3 Å². The van der Waals surface area contributed by atoms with Crippen molar-refractivity contribution in [3.63, 3.8) is 0 Å². The molecule has 0 fully saturated rings. The monoisotopic (exact) mass is 149 g/mol. The van der Waals surface area contributed by atoms with Crippen molar-refractivity contribution in [2.45, 2.75) is 19.5 Å². The second kappa shape index (κ2) is 3.22. The van der Waals surface area contributed by atoms with Gasteiger partial charge in [-0.1, -0.05) is 5.92 Å². The van der Waals surface area contributed by atoms with Gasteiger partial charge in [-0.15, -0.1) is 6.42 Å². The third kappa shape index (κ3) is 1.60. The molecule has 0 unspecified atom stereocenters. The van der Waals surface area contributed by atoms with E-state index in [2.05, 4.69) is 10.9 Å². The van der Waals surface area contributed by atoms with E-state index in [9.17, 15) is 0 Å². The van der Waals surface area contributed by atoms with Crippen LogP contribution in [0.3, 0.4) is 0 Å². The van der Waals surface area contributed by atoms with Gasteiger partial charge in [0.25, 0.3) is 0 Å². The van der Waals surface area contributed by atoms with Crippen molar-refractivity contribution in [3.8, 4) is 12.3 Å². The second-order valence-electron chi connectivity index (χ2n) is 2.44. The zero-order valence-corrected chi connectivity index (χ0v) is 6.49. The zero-order chi connectivity index (χ0) is 8.27. The molecule has 0 saturated heterocycles. The van der Waals surface area contributed by atoms with E-state index in [0.29, 0.717) is 6.54 Å². The summed E-state index contributed by atoms with van der Waals surface area (Å²) >= 11 is 0. The lowest BCUT2D eigenvalue weighted by Crippen LogP contribution is -2.11. The van der Waals surface area contributed by atoms with E-state index in [-0.39, 0.29) is 6.04 Å². The molecule has 1 rings (SSSR count). The molecule has 2 N–H and O–H groups in total. The fourth-order valence-corrected chi connectivity index (χ4v) is 0.941. The Bertz CT molecular complexity index is 267. The van der Waals surface area contributed by atoms with Crippen molar-refractivity contribution < 1.29 is 0 Å². The van der Waals surface area contributed by atoms with Crippen molar-refractivity contribution in [2.24, 2.45) is 5.73 Å². The van der Waals surface area contributed by atoms with Crippen molar-refractivity contribution in [1.82, 2.24) is 9.55 Å². The van der Waals surface area contributed by atoms with Gasteiger partial charge >= 0.3 is 0 Å². The SMILES string of the molecule is C#CCn1cncc1[C@H](C)N. The van der Waals surface area contributed by atoms with Crippen LogP contribution in [0.15, 0.2) is 12.5 Å². The van der Waals surface area contributed by atoms with Crippen molar-refractivity contribution in [3.05, 3.63) is 18.2 Å². The van der Waals surface area contributed by atoms with Gasteiger partial charge in [0.2, 0.25) is 0 Å². The first-order valence-electron chi connectivity index (χ1n) is 3.44. The van der Waals surface area contributed by atoms with Crippen LogP contribution in [-0.4, -0.2) is 9.55 Å². The first kappa shape index (κ1) is 7.83. The predicted octanol–water partition coefficient (Wildman–Crippen LogP) is 0.536. The van der Waals surface area contributed by atoms with Gasteiger partial charge in [0.05, 0.1) is 18.6 Å². The summed E-state index contributed by atoms with van der Waals surface area (Å²) in [5, 5.41) is 0. The molecule has 0 spiro atoms. The molecular weight excluding hydrogens is 138 g/mol. The molecule has 0 radical (unpaired) electrons. The standard InChI is InChI=1S/C8H11N3/c1-3-4-11-6-10-5-8(11)7(2)9/h1,5-7H,4,9H2,2H3/t7-/m0/s1. The van der Waals surface area contributed by atoms with Crippen molar-refractivity contribution in [2.75, 3.05) is 0 Å². The lowest BCUT2D eigenvalue weighted by Gasteiger charge is -2.06. The van der Waals surface area contributed by atoms with E-state index in [4.69, 9.17) is 12.2 Å². The molecule has 0 bridgehead atoms. The minimum absolute atomic E-state index is 0.00847. The summed E-state index contributed by atoms with van der Waals surface area (Å²) in [5.74, 6) is 2.53. The molecule has 0 saturated carbocycles. The molecule has 0 amide bonds. The summed E-state index contributed by atoms with van der Waals surface area (Å²) in [6.07, 6.45) is 8.58. The van der Waals surface area contributed by atoms with Gasteiger partial charge in [0.1, 0.15) is 0 Å².